The van der Waals surface area contributed by atoms with Gasteiger partial charge >= 0.3 is 19.8 Å². The number of allylic oxidation sites excluding steroid dienone is 24. The van der Waals surface area contributed by atoms with Gasteiger partial charge in [0.05, 0.1) is 13.2 Å². The lowest BCUT2D eigenvalue weighted by atomic mass is 10.1. The predicted octanol–water partition coefficient (Wildman–Crippen LogP) is 21.1. The molecule has 0 radical (unpaired) electrons. The highest BCUT2D eigenvalue weighted by molar-refractivity contribution is 7.47. The Balaban J connectivity index is 4.01. The summed E-state index contributed by atoms with van der Waals surface area (Å²) in [7, 11) is -4.40. The molecule has 9 nitrogen and oxygen atoms in total. The van der Waals surface area contributed by atoms with Crippen LogP contribution >= 0.6 is 7.82 Å². The number of hydrogen-bond acceptors (Lipinski definition) is 8. The van der Waals surface area contributed by atoms with Crippen molar-refractivity contribution in [3.05, 3.63) is 146 Å². The fourth-order valence-corrected chi connectivity index (χ4v) is 9.22. The average Bonchev–Trinajstić information content (AvgIpc) is 3.46. The number of esters is 2. The molecule has 0 fully saturated rings. The Morgan fingerprint density at radius 2 is 0.679 bits per heavy atom. The van der Waals surface area contributed by atoms with Crippen molar-refractivity contribution >= 4 is 19.8 Å². The number of ether oxygens (including phenoxy) is 2. The Morgan fingerprint density at radius 3 is 1.01 bits per heavy atom. The van der Waals surface area contributed by atoms with Crippen molar-refractivity contribution in [2.24, 2.45) is 5.73 Å². The lowest BCUT2D eigenvalue weighted by Crippen LogP contribution is -2.29. The maximum absolute atomic E-state index is 12.7. The highest BCUT2D eigenvalue weighted by Crippen LogP contribution is 2.43. The first-order chi connectivity index (χ1) is 39.8. The number of nitrogens with two attached hydrogens (primary N) is 1. The van der Waals surface area contributed by atoms with Crippen LogP contribution in [-0.2, 0) is 32.7 Å². The normalized spacial score (nSPS) is 14.0. The molecule has 0 aliphatic carbocycles. The van der Waals surface area contributed by atoms with E-state index in [-0.39, 0.29) is 32.6 Å². The van der Waals surface area contributed by atoms with E-state index in [0.717, 1.165) is 128 Å². The summed E-state index contributed by atoms with van der Waals surface area (Å²) in [5, 5.41) is 0. The zero-order chi connectivity index (χ0) is 58.7. The van der Waals surface area contributed by atoms with Crippen molar-refractivity contribution in [3.8, 4) is 0 Å². The van der Waals surface area contributed by atoms with Gasteiger partial charge in [0.15, 0.2) is 6.10 Å². The van der Waals surface area contributed by atoms with E-state index in [1.165, 1.54) is 96.3 Å². The second-order valence-electron chi connectivity index (χ2n) is 20.9. The van der Waals surface area contributed by atoms with Crippen LogP contribution in [0.4, 0.5) is 0 Å². The molecule has 0 aliphatic heterocycles. The molecule has 0 spiro atoms. The zero-order valence-corrected chi connectivity index (χ0v) is 52.4. The first-order valence-corrected chi connectivity index (χ1v) is 33.8. The van der Waals surface area contributed by atoms with Crippen molar-refractivity contribution in [3.63, 3.8) is 0 Å². The summed E-state index contributed by atoms with van der Waals surface area (Å²) in [5.41, 5.74) is 5.39. The predicted molar refractivity (Wildman–Crippen MR) is 348 cm³/mol. The SMILES string of the molecule is CC/C=C\C/C=C\C/C=C\C/C=C\C/C=C\C/C=C\C/C=C\C/C=C\C/C=C\CCCCCCCCCCCC(=O)OC(COC(=O)CCCCCCCCCC/C=C\C/C=C\C/C=C\CCCCCCC)COP(=O)(O)OCCN. The Morgan fingerprint density at radius 1 is 0.383 bits per heavy atom. The van der Waals surface area contributed by atoms with Gasteiger partial charge in [-0.1, -0.05) is 269 Å². The Bertz CT molecular complexity index is 1830. The van der Waals surface area contributed by atoms with Gasteiger partial charge < -0.3 is 20.1 Å². The Labute approximate surface area is 496 Å². The fraction of sp³-hybridized carbons (Fsp3) is 0.634. The number of hydrogen-bond donors (Lipinski definition) is 2. The summed E-state index contributed by atoms with van der Waals surface area (Å²) >= 11 is 0. The molecule has 0 amide bonds. The van der Waals surface area contributed by atoms with E-state index < -0.39 is 32.5 Å². The van der Waals surface area contributed by atoms with Gasteiger partial charge in [-0.25, -0.2) is 4.57 Å². The second-order valence-corrected chi connectivity index (χ2v) is 22.3. The van der Waals surface area contributed by atoms with Crippen LogP contribution in [0.1, 0.15) is 258 Å². The monoisotopic (exact) mass is 1140 g/mol. The topological polar surface area (TPSA) is 134 Å². The van der Waals surface area contributed by atoms with Gasteiger partial charge in [-0.2, -0.15) is 0 Å². The zero-order valence-electron chi connectivity index (χ0n) is 51.5. The van der Waals surface area contributed by atoms with Gasteiger partial charge in [0, 0.05) is 19.4 Å². The van der Waals surface area contributed by atoms with Crippen LogP contribution < -0.4 is 5.73 Å². The van der Waals surface area contributed by atoms with Gasteiger partial charge in [0.25, 0.3) is 0 Å². The standard InChI is InChI=1S/C71H118NO8P/c1-3-5-7-9-11-13-15-17-19-21-23-25-27-28-29-30-31-32-33-34-35-36-37-38-39-40-42-44-46-48-50-52-54-56-58-60-62-64-71(74)80-69(68-79-81(75,76)78-66-65-72)67-77-70(73)63-61-59-57-55-53-51-49-47-45-43-41-26-24-22-20-18-16-14-12-10-8-6-4-2/h5,7,11,13,16-19,22-25,28-29,31-32,34-35,37-38,40-43,69H,3-4,6,8-10,12,14-15,20-21,26-27,30,33,36,39,44-68,72H2,1-2H3,(H,75,76)/b7-5-,13-11-,18-16-,19-17-,24-22-,25-23-,29-28-,32-31-,35-34-,38-37-,42-40-,43-41-. The molecule has 0 aromatic carbocycles. The maximum atomic E-state index is 12.7. The largest absolute Gasteiger partial charge is 0.472 e. The number of carbonyl (C=O) groups excluding carboxylic acids is 2. The van der Waals surface area contributed by atoms with Crippen LogP contribution in [0.15, 0.2) is 146 Å². The van der Waals surface area contributed by atoms with Crippen LogP contribution in [0.25, 0.3) is 0 Å². The van der Waals surface area contributed by atoms with E-state index in [0.29, 0.717) is 6.42 Å². The minimum absolute atomic E-state index is 0.0441. The first-order valence-electron chi connectivity index (χ1n) is 32.3. The van der Waals surface area contributed by atoms with Gasteiger partial charge in [-0.05, 0) is 122 Å². The van der Waals surface area contributed by atoms with Crippen molar-refractivity contribution < 1.29 is 37.6 Å². The van der Waals surface area contributed by atoms with E-state index >= 15 is 0 Å². The van der Waals surface area contributed by atoms with Gasteiger partial charge in [0.2, 0.25) is 0 Å². The van der Waals surface area contributed by atoms with Crippen LogP contribution in [0, 0.1) is 0 Å². The molecule has 0 aromatic rings. The molecule has 0 saturated heterocycles. The van der Waals surface area contributed by atoms with Gasteiger partial charge in [-0.15, -0.1) is 0 Å². The third kappa shape index (κ3) is 64.9. The number of phosphoric ester groups is 1. The van der Waals surface area contributed by atoms with Gasteiger partial charge in [-0.3, -0.25) is 18.6 Å². The molecule has 2 atom stereocenters. The number of unbranched alkanes of at least 4 members (excludes halogenated alkanes) is 22. The summed E-state index contributed by atoms with van der Waals surface area (Å²) in [6.07, 6.45) is 93.4. The van der Waals surface area contributed by atoms with E-state index in [2.05, 4.69) is 160 Å². The minimum Gasteiger partial charge on any atom is -0.462 e. The summed E-state index contributed by atoms with van der Waals surface area (Å²) in [6, 6.07) is 0. The summed E-state index contributed by atoms with van der Waals surface area (Å²) in [4.78, 5) is 35.3. The molecule has 3 N–H and O–H groups in total. The lowest BCUT2D eigenvalue weighted by molar-refractivity contribution is -0.161. The molecule has 0 aromatic heterocycles. The molecule has 10 heteroatoms. The van der Waals surface area contributed by atoms with E-state index in [1.807, 2.05) is 0 Å². The van der Waals surface area contributed by atoms with E-state index in [1.54, 1.807) is 0 Å². The van der Waals surface area contributed by atoms with Crippen LogP contribution in [0.3, 0.4) is 0 Å². The van der Waals surface area contributed by atoms with Gasteiger partial charge in [0.1, 0.15) is 6.61 Å². The third-order valence-electron chi connectivity index (χ3n) is 13.2. The summed E-state index contributed by atoms with van der Waals surface area (Å²) in [6.45, 7) is 3.60. The second kappa shape index (κ2) is 65.0. The highest BCUT2D eigenvalue weighted by Gasteiger charge is 2.26. The number of rotatable bonds is 59. The average molecular weight is 1140 g/mol. The molecule has 2 unspecified atom stereocenters. The van der Waals surface area contributed by atoms with Crippen LogP contribution in [0.5, 0.6) is 0 Å². The van der Waals surface area contributed by atoms with Crippen LogP contribution in [-0.4, -0.2) is 49.3 Å². The molecular formula is C71H118NO8P. The molecule has 0 bridgehead atoms. The Hall–Kier alpha value is -4.11. The number of carbonyl (C=O) groups is 2. The Kier molecular flexibility index (Phi) is 61.7. The minimum atomic E-state index is -4.40. The van der Waals surface area contributed by atoms with E-state index in [4.69, 9.17) is 24.3 Å². The molecule has 0 heterocycles. The molecule has 0 rings (SSSR count). The first kappa shape index (κ1) is 76.9. The summed E-state index contributed by atoms with van der Waals surface area (Å²) < 4.78 is 33.1. The maximum Gasteiger partial charge on any atom is 0.472 e. The highest BCUT2D eigenvalue weighted by atomic mass is 31.2. The molecule has 0 aliphatic rings. The quantitative estimate of drug-likeness (QED) is 0.0264. The lowest BCUT2D eigenvalue weighted by Gasteiger charge is -2.19. The number of phosphoric acid groups is 1. The van der Waals surface area contributed by atoms with Crippen molar-refractivity contribution in [2.75, 3.05) is 26.4 Å². The van der Waals surface area contributed by atoms with Crippen molar-refractivity contribution in [1.82, 2.24) is 0 Å². The summed E-state index contributed by atoms with van der Waals surface area (Å²) in [5.74, 6) is -0.849. The molecular weight excluding hydrogens is 1030 g/mol. The molecule has 460 valence electrons. The molecule has 81 heavy (non-hydrogen) atoms. The smallest absolute Gasteiger partial charge is 0.462 e. The van der Waals surface area contributed by atoms with Crippen molar-refractivity contribution in [1.29, 1.82) is 0 Å². The van der Waals surface area contributed by atoms with E-state index in [9.17, 15) is 19.0 Å². The molecule has 0 saturated carbocycles. The fourth-order valence-electron chi connectivity index (χ4n) is 8.46. The third-order valence-corrected chi connectivity index (χ3v) is 14.2. The van der Waals surface area contributed by atoms with Crippen molar-refractivity contribution in [2.45, 2.75) is 264 Å². The van der Waals surface area contributed by atoms with Crippen LogP contribution in [0.2, 0.25) is 0 Å².